The molecule has 0 aromatic carbocycles. The molecule has 0 radical (unpaired) electrons. The summed E-state index contributed by atoms with van der Waals surface area (Å²) in [5.74, 6) is 0.564. The highest BCUT2D eigenvalue weighted by Gasteiger charge is 2.36. The Morgan fingerprint density at radius 1 is 1.36 bits per heavy atom. The summed E-state index contributed by atoms with van der Waals surface area (Å²) in [6.07, 6.45) is 1.25. The van der Waals surface area contributed by atoms with Crippen molar-refractivity contribution in [2.24, 2.45) is 7.05 Å². The first-order valence-corrected chi connectivity index (χ1v) is 8.22. The van der Waals surface area contributed by atoms with Gasteiger partial charge in [0.2, 0.25) is 0 Å². The molecular weight excluding hydrogens is 335 g/mol. The molecule has 0 spiro atoms. The van der Waals surface area contributed by atoms with Gasteiger partial charge in [-0.15, -0.1) is 0 Å². The lowest BCUT2D eigenvalue weighted by Crippen LogP contribution is -2.40. The summed E-state index contributed by atoms with van der Waals surface area (Å²) in [6.45, 7) is 3.50. The minimum atomic E-state index is -4.46. The van der Waals surface area contributed by atoms with Crippen LogP contribution in [0.1, 0.15) is 37.2 Å². The number of halogens is 3. The zero-order chi connectivity index (χ0) is 18.2. The van der Waals surface area contributed by atoms with Crippen molar-refractivity contribution in [3.63, 3.8) is 0 Å². The van der Waals surface area contributed by atoms with E-state index < -0.39 is 11.9 Å². The molecule has 0 N–H and O–H groups in total. The molecular formula is C16H20F3N5O. The van der Waals surface area contributed by atoms with Gasteiger partial charge in [0.1, 0.15) is 5.82 Å². The fourth-order valence-electron chi connectivity index (χ4n) is 3.28. The van der Waals surface area contributed by atoms with Crippen LogP contribution >= 0.6 is 0 Å². The third kappa shape index (κ3) is 3.40. The molecule has 1 aliphatic heterocycles. The van der Waals surface area contributed by atoms with Gasteiger partial charge >= 0.3 is 6.18 Å². The van der Waals surface area contributed by atoms with Gasteiger partial charge in [-0.2, -0.15) is 13.2 Å². The Hall–Kier alpha value is -2.32. The molecule has 1 fully saturated rings. The van der Waals surface area contributed by atoms with Crippen LogP contribution in [0.2, 0.25) is 0 Å². The number of hydrogen-bond donors (Lipinski definition) is 0. The SMILES string of the molecule is CCn1ccnc(N2CCCC(c3nc(C(F)(F)F)cn3C)C2)c1=O. The molecule has 6 nitrogen and oxygen atoms in total. The molecule has 1 saturated heterocycles. The first kappa shape index (κ1) is 17.5. The van der Waals surface area contributed by atoms with Gasteiger partial charge in [-0.25, -0.2) is 9.97 Å². The first-order valence-electron chi connectivity index (χ1n) is 8.22. The minimum absolute atomic E-state index is 0.175. The second kappa shape index (κ2) is 6.53. The highest BCUT2D eigenvalue weighted by atomic mass is 19.4. The van der Waals surface area contributed by atoms with Crippen LogP contribution in [0.25, 0.3) is 0 Å². The predicted octanol–water partition coefficient (Wildman–Crippen LogP) is 2.40. The fraction of sp³-hybridized carbons (Fsp3) is 0.562. The van der Waals surface area contributed by atoms with E-state index >= 15 is 0 Å². The molecule has 3 rings (SSSR count). The van der Waals surface area contributed by atoms with Crippen molar-refractivity contribution in [2.75, 3.05) is 18.0 Å². The van der Waals surface area contributed by atoms with Crippen molar-refractivity contribution in [3.8, 4) is 0 Å². The molecule has 9 heteroatoms. The number of alkyl halides is 3. The predicted molar refractivity (Wildman–Crippen MR) is 86.6 cm³/mol. The Kier molecular flexibility index (Phi) is 4.57. The Morgan fingerprint density at radius 2 is 2.12 bits per heavy atom. The van der Waals surface area contributed by atoms with Crippen LogP contribution in [0.15, 0.2) is 23.4 Å². The standard InChI is InChI=1S/C16H20F3N5O/c1-3-23-8-6-20-14(15(23)25)24-7-4-5-11(9-24)13-21-12(10-22(13)2)16(17,18)19/h6,8,10-11H,3-5,7,9H2,1-2H3. The Morgan fingerprint density at radius 3 is 2.76 bits per heavy atom. The van der Waals surface area contributed by atoms with Gasteiger partial charge < -0.3 is 14.0 Å². The number of nitrogens with zero attached hydrogens (tertiary/aromatic N) is 5. The lowest BCUT2D eigenvalue weighted by molar-refractivity contribution is -0.141. The van der Waals surface area contributed by atoms with E-state index in [1.807, 2.05) is 11.8 Å². The van der Waals surface area contributed by atoms with Gasteiger partial charge in [0.05, 0.1) is 0 Å². The van der Waals surface area contributed by atoms with Crippen molar-refractivity contribution < 1.29 is 13.2 Å². The van der Waals surface area contributed by atoms with Crippen LogP contribution in [0.3, 0.4) is 0 Å². The van der Waals surface area contributed by atoms with Gasteiger partial charge in [-0.3, -0.25) is 4.79 Å². The van der Waals surface area contributed by atoms with Crippen LogP contribution < -0.4 is 10.5 Å². The number of aromatic nitrogens is 4. The second-order valence-corrected chi connectivity index (χ2v) is 6.22. The summed E-state index contributed by atoms with van der Waals surface area (Å²) in [6, 6.07) is 0. The molecule has 1 atom stereocenters. The smallest absolute Gasteiger partial charge is 0.351 e. The minimum Gasteiger partial charge on any atom is -0.351 e. The molecule has 1 aliphatic rings. The topological polar surface area (TPSA) is 56.0 Å². The average molecular weight is 355 g/mol. The van der Waals surface area contributed by atoms with Gasteiger partial charge in [-0.1, -0.05) is 0 Å². The number of rotatable bonds is 3. The van der Waals surface area contributed by atoms with E-state index in [2.05, 4.69) is 9.97 Å². The van der Waals surface area contributed by atoms with Gasteiger partial charge in [0.15, 0.2) is 11.5 Å². The molecule has 3 heterocycles. The number of anilines is 1. The van der Waals surface area contributed by atoms with E-state index in [4.69, 9.17) is 0 Å². The van der Waals surface area contributed by atoms with Gasteiger partial charge in [0.25, 0.3) is 5.56 Å². The van der Waals surface area contributed by atoms with Crippen molar-refractivity contribution in [1.82, 2.24) is 19.1 Å². The quantitative estimate of drug-likeness (QED) is 0.848. The van der Waals surface area contributed by atoms with Crippen molar-refractivity contribution in [2.45, 2.75) is 38.4 Å². The summed E-state index contributed by atoms with van der Waals surface area (Å²) >= 11 is 0. The molecule has 1 unspecified atom stereocenters. The molecule has 0 aliphatic carbocycles. The summed E-state index contributed by atoms with van der Waals surface area (Å²) in [5, 5.41) is 0. The maximum absolute atomic E-state index is 12.9. The third-order valence-corrected chi connectivity index (χ3v) is 4.53. The summed E-state index contributed by atoms with van der Waals surface area (Å²) in [4.78, 5) is 22.3. The Bertz CT molecular complexity index is 811. The lowest BCUT2D eigenvalue weighted by atomic mass is 9.97. The van der Waals surface area contributed by atoms with E-state index in [1.54, 1.807) is 24.0 Å². The van der Waals surface area contributed by atoms with Crippen molar-refractivity contribution in [3.05, 3.63) is 40.5 Å². The van der Waals surface area contributed by atoms with E-state index in [9.17, 15) is 18.0 Å². The fourth-order valence-corrected chi connectivity index (χ4v) is 3.28. The second-order valence-electron chi connectivity index (χ2n) is 6.22. The molecule has 0 saturated carbocycles. The van der Waals surface area contributed by atoms with E-state index in [-0.39, 0.29) is 11.5 Å². The van der Waals surface area contributed by atoms with Crippen molar-refractivity contribution in [1.29, 1.82) is 0 Å². The van der Waals surface area contributed by atoms with Crippen LogP contribution in [0, 0.1) is 0 Å². The number of aryl methyl sites for hydroxylation is 2. The lowest BCUT2D eigenvalue weighted by Gasteiger charge is -2.32. The van der Waals surface area contributed by atoms with Crippen LogP contribution in [-0.4, -0.2) is 32.2 Å². The average Bonchev–Trinajstić information content (AvgIpc) is 2.97. The van der Waals surface area contributed by atoms with Crippen LogP contribution in [-0.2, 0) is 19.8 Å². The normalized spacial score (nSPS) is 18.6. The highest BCUT2D eigenvalue weighted by Crippen LogP contribution is 2.32. The summed E-state index contributed by atoms with van der Waals surface area (Å²) < 4.78 is 41.7. The zero-order valence-corrected chi connectivity index (χ0v) is 14.1. The summed E-state index contributed by atoms with van der Waals surface area (Å²) in [7, 11) is 1.57. The maximum atomic E-state index is 12.9. The highest BCUT2D eigenvalue weighted by molar-refractivity contribution is 5.37. The molecule has 2 aromatic heterocycles. The number of imidazole rings is 1. The molecule has 0 amide bonds. The third-order valence-electron chi connectivity index (χ3n) is 4.53. The van der Waals surface area contributed by atoms with Crippen LogP contribution in [0.4, 0.5) is 19.0 Å². The zero-order valence-electron chi connectivity index (χ0n) is 14.1. The van der Waals surface area contributed by atoms with E-state index in [0.29, 0.717) is 31.3 Å². The molecule has 25 heavy (non-hydrogen) atoms. The largest absolute Gasteiger partial charge is 0.434 e. The van der Waals surface area contributed by atoms with Gasteiger partial charge in [0, 0.05) is 51.2 Å². The molecule has 2 aromatic rings. The maximum Gasteiger partial charge on any atom is 0.434 e. The molecule has 0 bridgehead atoms. The molecule has 136 valence electrons. The van der Waals surface area contributed by atoms with E-state index in [1.165, 1.54) is 4.57 Å². The monoisotopic (exact) mass is 355 g/mol. The van der Waals surface area contributed by atoms with Crippen molar-refractivity contribution >= 4 is 5.82 Å². The van der Waals surface area contributed by atoms with Crippen LogP contribution in [0.5, 0.6) is 0 Å². The first-order chi connectivity index (χ1) is 11.8. The number of piperidine rings is 1. The Labute approximate surface area is 142 Å². The number of hydrogen-bond acceptors (Lipinski definition) is 4. The Balaban J connectivity index is 1.87. The summed E-state index contributed by atoms with van der Waals surface area (Å²) in [5.41, 5.74) is -1.06. The van der Waals surface area contributed by atoms with E-state index in [0.717, 1.165) is 19.0 Å². The van der Waals surface area contributed by atoms with Gasteiger partial charge in [-0.05, 0) is 19.8 Å².